The van der Waals surface area contributed by atoms with Crippen LogP contribution in [-0.2, 0) is 24.8 Å². The van der Waals surface area contributed by atoms with Crippen LogP contribution in [0.25, 0.3) is 0 Å². The van der Waals surface area contributed by atoms with Gasteiger partial charge in [-0.05, 0) is 11.6 Å². The van der Waals surface area contributed by atoms with Crippen molar-refractivity contribution in [1.29, 1.82) is 0 Å². The third-order valence-corrected chi connectivity index (χ3v) is 5.10. The van der Waals surface area contributed by atoms with Crippen molar-refractivity contribution >= 4 is 6.09 Å². The summed E-state index contributed by atoms with van der Waals surface area (Å²) in [6.07, 6.45) is 2.47. The number of hydrogen-bond donors (Lipinski definition) is 0. The number of cyclic esters (lactones) is 1. The molecule has 0 saturated carbocycles. The van der Waals surface area contributed by atoms with Gasteiger partial charge in [0.2, 0.25) is 0 Å². The van der Waals surface area contributed by atoms with Crippen LogP contribution in [0.3, 0.4) is 0 Å². The van der Waals surface area contributed by atoms with Gasteiger partial charge in [0.05, 0.1) is 11.2 Å². The Morgan fingerprint density at radius 2 is 2.04 bits per heavy atom. The number of carbonyl (C=O) groups excluding carboxylic acids is 1. The predicted molar refractivity (Wildman–Crippen MR) is 89.4 cm³/mol. The molecule has 1 unspecified atom stereocenters. The van der Waals surface area contributed by atoms with Crippen LogP contribution < -0.4 is 0 Å². The molecular weight excluding hydrogens is 304 g/mol. The molecular formula is C18H22N4O2. The average molecular weight is 326 g/mol. The molecule has 6 nitrogen and oxygen atoms in total. The minimum Gasteiger partial charge on any atom is -0.447 e. The molecule has 0 N–H and O–H groups in total. The molecule has 2 aromatic rings. The van der Waals surface area contributed by atoms with Gasteiger partial charge in [-0.25, -0.2) is 4.79 Å². The number of nitrogens with zero attached hydrogens (tertiary/aromatic N) is 4. The molecule has 0 radical (unpaired) electrons. The van der Waals surface area contributed by atoms with Crippen molar-refractivity contribution < 1.29 is 9.53 Å². The molecule has 24 heavy (non-hydrogen) atoms. The van der Waals surface area contributed by atoms with Crippen molar-refractivity contribution in [2.75, 3.05) is 26.2 Å². The second kappa shape index (κ2) is 5.94. The van der Waals surface area contributed by atoms with Crippen molar-refractivity contribution in [2.45, 2.75) is 18.5 Å². The molecule has 2 fully saturated rings. The first-order chi connectivity index (χ1) is 11.7. The van der Waals surface area contributed by atoms with Crippen LogP contribution in [0.5, 0.6) is 0 Å². The van der Waals surface area contributed by atoms with Crippen LogP contribution in [-0.4, -0.2) is 57.5 Å². The van der Waals surface area contributed by atoms with E-state index in [1.165, 1.54) is 11.3 Å². The van der Waals surface area contributed by atoms with Crippen molar-refractivity contribution in [3.8, 4) is 0 Å². The van der Waals surface area contributed by atoms with E-state index in [4.69, 9.17) is 4.74 Å². The number of benzene rings is 1. The smallest absolute Gasteiger partial charge is 0.410 e. The monoisotopic (exact) mass is 326 g/mol. The Morgan fingerprint density at radius 3 is 2.79 bits per heavy atom. The molecule has 4 rings (SSSR count). The molecule has 0 bridgehead atoms. The average Bonchev–Trinajstić information content (AvgIpc) is 3.12. The molecule has 0 aliphatic carbocycles. The fraction of sp³-hybridized carbons (Fsp3) is 0.444. The minimum atomic E-state index is -0.269. The first-order valence-electron chi connectivity index (χ1n) is 8.34. The van der Waals surface area contributed by atoms with E-state index in [0.29, 0.717) is 13.2 Å². The zero-order valence-electron chi connectivity index (χ0n) is 13.9. The Labute approximate surface area is 141 Å². The molecule has 0 spiro atoms. The van der Waals surface area contributed by atoms with Gasteiger partial charge < -0.3 is 4.74 Å². The molecule has 2 aliphatic heterocycles. The molecule has 1 aromatic carbocycles. The molecule has 1 aromatic heterocycles. The van der Waals surface area contributed by atoms with Gasteiger partial charge in [0, 0.05) is 45.8 Å². The summed E-state index contributed by atoms with van der Waals surface area (Å²) in [5, 5.41) is 4.25. The Bertz CT molecular complexity index is 730. The summed E-state index contributed by atoms with van der Waals surface area (Å²) in [6.45, 7) is 3.69. The van der Waals surface area contributed by atoms with Gasteiger partial charge in [-0.2, -0.15) is 5.10 Å². The van der Waals surface area contributed by atoms with E-state index in [1.807, 2.05) is 47.1 Å². The highest BCUT2D eigenvalue weighted by molar-refractivity contribution is 5.71. The Balaban J connectivity index is 1.56. The number of ether oxygens (including phenoxy) is 1. The number of aryl methyl sites for hydroxylation is 1. The summed E-state index contributed by atoms with van der Waals surface area (Å²) in [5.74, 6) is 0. The Kier molecular flexibility index (Phi) is 3.76. The van der Waals surface area contributed by atoms with Gasteiger partial charge in [-0.3, -0.25) is 14.5 Å². The second-order valence-electron chi connectivity index (χ2n) is 6.75. The van der Waals surface area contributed by atoms with Crippen molar-refractivity contribution in [2.24, 2.45) is 7.05 Å². The van der Waals surface area contributed by atoms with E-state index in [2.05, 4.69) is 22.1 Å². The Morgan fingerprint density at radius 1 is 1.21 bits per heavy atom. The van der Waals surface area contributed by atoms with Crippen molar-refractivity contribution in [3.05, 3.63) is 53.9 Å². The van der Waals surface area contributed by atoms with Crippen LogP contribution in [0.15, 0.2) is 42.6 Å². The largest absolute Gasteiger partial charge is 0.447 e. The van der Waals surface area contributed by atoms with E-state index in [1.54, 1.807) is 0 Å². The second-order valence-corrected chi connectivity index (χ2v) is 6.75. The predicted octanol–water partition coefficient (Wildman–Crippen LogP) is 1.67. The third kappa shape index (κ3) is 2.67. The Hall–Kier alpha value is -2.34. The quantitative estimate of drug-likeness (QED) is 0.858. The number of hydrogen-bond acceptors (Lipinski definition) is 4. The highest BCUT2D eigenvalue weighted by atomic mass is 16.6. The summed E-state index contributed by atoms with van der Waals surface area (Å²) in [7, 11) is 1.97. The van der Waals surface area contributed by atoms with E-state index in [9.17, 15) is 4.79 Å². The normalized spacial score (nSPS) is 24.0. The van der Waals surface area contributed by atoms with E-state index in [0.717, 1.165) is 26.1 Å². The van der Waals surface area contributed by atoms with E-state index >= 15 is 0 Å². The lowest BCUT2D eigenvalue weighted by Gasteiger charge is -2.44. The van der Waals surface area contributed by atoms with Crippen LogP contribution >= 0.6 is 0 Å². The highest BCUT2D eigenvalue weighted by Crippen LogP contribution is 2.32. The number of aromatic nitrogens is 2. The van der Waals surface area contributed by atoms with Gasteiger partial charge in [-0.15, -0.1) is 0 Å². The molecule has 2 saturated heterocycles. The highest BCUT2D eigenvalue weighted by Gasteiger charge is 2.50. The first kappa shape index (κ1) is 15.2. The summed E-state index contributed by atoms with van der Waals surface area (Å²) in [6, 6.07) is 12.4. The van der Waals surface area contributed by atoms with E-state index in [-0.39, 0.29) is 11.6 Å². The molecule has 1 atom stereocenters. The maximum Gasteiger partial charge on any atom is 0.410 e. The zero-order valence-corrected chi connectivity index (χ0v) is 13.9. The molecule has 126 valence electrons. The van der Waals surface area contributed by atoms with Gasteiger partial charge in [0.15, 0.2) is 0 Å². The minimum absolute atomic E-state index is 0.175. The number of carbonyl (C=O) groups is 1. The number of amides is 1. The lowest BCUT2D eigenvalue weighted by molar-refractivity contribution is 0.0464. The molecule has 2 aliphatic rings. The third-order valence-electron chi connectivity index (χ3n) is 5.10. The number of rotatable bonds is 4. The van der Waals surface area contributed by atoms with Crippen LogP contribution in [0, 0.1) is 0 Å². The van der Waals surface area contributed by atoms with Crippen LogP contribution in [0.2, 0.25) is 0 Å². The van der Waals surface area contributed by atoms with Gasteiger partial charge in [0.1, 0.15) is 6.61 Å². The summed E-state index contributed by atoms with van der Waals surface area (Å²) < 4.78 is 7.33. The van der Waals surface area contributed by atoms with E-state index < -0.39 is 0 Å². The lowest BCUT2D eigenvalue weighted by atomic mass is 9.88. The molecule has 3 heterocycles. The molecule has 1 amide bonds. The standard InChI is InChI=1S/C18H22N4O2/c1-20-16(7-8-19-20)12-21-9-10-22-17(23)24-14-18(22,13-21)11-15-5-3-2-4-6-15/h2-8H,9-14H2,1H3. The summed E-state index contributed by atoms with van der Waals surface area (Å²) in [5.41, 5.74) is 2.15. The van der Waals surface area contributed by atoms with Gasteiger partial charge in [0.25, 0.3) is 0 Å². The van der Waals surface area contributed by atoms with Crippen molar-refractivity contribution in [1.82, 2.24) is 19.6 Å². The molecule has 6 heteroatoms. The van der Waals surface area contributed by atoms with Crippen LogP contribution in [0.4, 0.5) is 4.79 Å². The number of piperazine rings is 1. The van der Waals surface area contributed by atoms with Gasteiger partial charge in [-0.1, -0.05) is 30.3 Å². The maximum atomic E-state index is 12.2. The van der Waals surface area contributed by atoms with Crippen LogP contribution in [0.1, 0.15) is 11.3 Å². The summed E-state index contributed by atoms with van der Waals surface area (Å²) >= 11 is 0. The fourth-order valence-electron chi connectivity index (χ4n) is 3.84. The van der Waals surface area contributed by atoms with Gasteiger partial charge >= 0.3 is 6.09 Å². The zero-order chi connectivity index (χ0) is 16.6. The maximum absolute atomic E-state index is 12.2. The number of fused-ring (bicyclic) bond motifs is 1. The topological polar surface area (TPSA) is 50.6 Å². The first-order valence-corrected chi connectivity index (χ1v) is 8.34. The van der Waals surface area contributed by atoms with Crippen molar-refractivity contribution in [3.63, 3.8) is 0 Å². The SMILES string of the molecule is Cn1nccc1CN1CCN2C(=O)OCC2(Cc2ccccc2)C1. The lowest BCUT2D eigenvalue weighted by Crippen LogP contribution is -2.62. The fourth-order valence-corrected chi connectivity index (χ4v) is 3.84. The summed E-state index contributed by atoms with van der Waals surface area (Å²) in [4.78, 5) is 16.5.